The number of hydrogen-bond donors (Lipinski definition) is 6. The third-order valence-corrected chi connectivity index (χ3v) is 4.72. The number of carbonyl (C=O) groups is 7. The molecule has 1 unspecified atom stereocenters. The first-order valence-electron chi connectivity index (χ1n) is 15.5. The topological polar surface area (TPSA) is 236 Å². The van der Waals surface area contributed by atoms with Crippen molar-refractivity contribution in [3.63, 3.8) is 0 Å². The van der Waals surface area contributed by atoms with Gasteiger partial charge >= 0.3 is 11.9 Å². The Bertz CT molecular complexity index is 813. The summed E-state index contributed by atoms with van der Waals surface area (Å²) in [7, 11) is 1.59. The minimum atomic E-state index is -1.04. The number of hydrogen-bond acceptors (Lipinski definition) is 11. The van der Waals surface area contributed by atoms with Gasteiger partial charge in [-0.1, -0.05) is 27.7 Å². The summed E-state index contributed by atoms with van der Waals surface area (Å²) >= 11 is 0. The van der Waals surface area contributed by atoms with Gasteiger partial charge in [0.25, 0.3) is 0 Å². The number of Topliss-reactive ketones (excluding diaryl/α,β-unsaturated/α-hetero) is 1. The Morgan fingerprint density at radius 1 is 0.745 bits per heavy atom. The maximum Gasteiger partial charge on any atom is 0.303 e. The van der Waals surface area contributed by atoms with E-state index >= 15 is 0 Å². The van der Waals surface area contributed by atoms with Crippen LogP contribution in [0.1, 0.15) is 73.1 Å². The zero-order valence-electron chi connectivity index (χ0n) is 29.2. The van der Waals surface area contributed by atoms with Crippen molar-refractivity contribution in [2.75, 3.05) is 66.3 Å². The van der Waals surface area contributed by atoms with Crippen molar-refractivity contribution in [3.05, 3.63) is 13.2 Å². The molecule has 47 heavy (non-hydrogen) atoms. The lowest BCUT2D eigenvalue weighted by Crippen LogP contribution is -2.49. The highest BCUT2D eigenvalue weighted by Crippen LogP contribution is 1.98. The minimum Gasteiger partial charge on any atom is -0.481 e. The molecule has 16 nitrogen and oxygen atoms in total. The van der Waals surface area contributed by atoms with Crippen LogP contribution >= 0.6 is 0 Å². The third-order valence-electron chi connectivity index (χ3n) is 4.72. The summed E-state index contributed by atoms with van der Waals surface area (Å²) in [5.41, 5.74) is 0. The lowest BCUT2D eigenvalue weighted by atomic mass is 10.1. The highest BCUT2D eigenvalue weighted by atomic mass is 16.5. The molecule has 276 valence electrons. The van der Waals surface area contributed by atoms with Gasteiger partial charge in [-0.15, -0.1) is 13.2 Å². The number of aldehydes is 1. The van der Waals surface area contributed by atoms with E-state index in [0.717, 1.165) is 6.29 Å². The molecule has 0 saturated heterocycles. The van der Waals surface area contributed by atoms with Crippen molar-refractivity contribution in [1.29, 1.82) is 0 Å². The predicted molar refractivity (Wildman–Crippen MR) is 178 cm³/mol. The van der Waals surface area contributed by atoms with Crippen LogP contribution in [-0.4, -0.2) is 124 Å². The van der Waals surface area contributed by atoms with E-state index in [1.807, 2.05) is 13.8 Å². The lowest BCUT2D eigenvalue weighted by molar-refractivity contribution is -0.138. The number of nitrogens with one attached hydrogen (secondary N) is 4. The average molecular weight is 681 g/mol. The molecule has 6 N–H and O–H groups in total. The Kier molecular flexibility index (Phi) is 49.9. The van der Waals surface area contributed by atoms with Gasteiger partial charge in [0, 0.05) is 45.2 Å². The Morgan fingerprint density at radius 2 is 1.26 bits per heavy atom. The van der Waals surface area contributed by atoms with Crippen LogP contribution in [0.15, 0.2) is 13.2 Å². The van der Waals surface area contributed by atoms with E-state index in [0.29, 0.717) is 58.8 Å². The van der Waals surface area contributed by atoms with Crippen LogP contribution in [0.5, 0.6) is 0 Å². The number of carboxylic acids is 2. The standard InChI is InChI=1S/C16H29N3O7.C8H15NO3.C3H6O2.C2H6.C2H4/c1-12(20)5-7-25-9-10-26-8-6-18-16(24)13(3-4-15(22)23)19-14(21)11-17-2;1-2-8(11)9-4-7-12-6-3-5-10;1-2-3(4)5;2*1-2/h13,17H,3-11H2,1-2H3,(H,18,24)(H,19,21)(H,22,23);5H,2-4,6-7H2,1H3,(H,9,11);2H2,1H3,(H,4,5);1-2H3;1-2H2. The second-order valence-corrected chi connectivity index (χ2v) is 8.57. The first kappa shape index (κ1) is 52.8. The molecule has 0 aromatic heterocycles. The van der Waals surface area contributed by atoms with Gasteiger partial charge in [-0.2, -0.15) is 0 Å². The lowest BCUT2D eigenvalue weighted by Gasteiger charge is -2.17. The van der Waals surface area contributed by atoms with E-state index in [-0.39, 0.29) is 50.6 Å². The molecule has 0 aromatic carbocycles. The first-order chi connectivity index (χ1) is 22.4. The van der Waals surface area contributed by atoms with E-state index in [1.165, 1.54) is 6.92 Å². The van der Waals surface area contributed by atoms with Gasteiger partial charge < -0.3 is 50.5 Å². The van der Waals surface area contributed by atoms with Crippen molar-refractivity contribution in [1.82, 2.24) is 21.3 Å². The highest BCUT2D eigenvalue weighted by molar-refractivity contribution is 5.88. The van der Waals surface area contributed by atoms with Crippen molar-refractivity contribution in [3.8, 4) is 0 Å². The molecule has 0 aliphatic carbocycles. The molecule has 0 saturated carbocycles. The van der Waals surface area contributed by atoms with Crippen molar-refractivity contribution in [2.24, 2.45) is 0 Å². The smallest absolute Gasteiger partial charge is 0.303 e. The first-order valence-corrected chi connectivity index (χ1v) is 15.5. The van der Waals surface area contributed by atoms with Crippen LogP contribution < -0.4 is 21.3 Å². The van der Waals surface area contributed by atoms with Crippen LogP contribution in [0.2, 0.25) is 0 Å². The molecule has 1 atom stereocenters. The number of ether oxygens (including phenoxy) is 3. The zero-order chi connectivity index (χ0) is 37.3. The summed E-state index contributed by atoms with van der Waals surface area (Å²) in [5.74, 6) is -2.56. The number of likely N-dealkylation sites (N-methyl/N-ethyl adjacent to an activating group) is 1. The Balaban J connectivity index is -0.000000230. The third kappa shape index (κ3) is 52.1. The zero-order valence-corrected chi connectivity index (χ0v) is 29.2. The van der Waals surface area contributed by atoms with Crippen LogP contribution in [-0.2, 0) is 47.8 Å². The molecule has 3 amide bonds. The number of ketones is 1. The molecule has 16 heteroatoms. The number of amides is 3. The van der Waals surface area contributed by atoms with Gasteiger partial charge in [0.2, 0.25) is 17.7 Å². The molecule has 0 heterocycles. The monoisotopic (exact) mass is 680 g/mol. The molecule has 0 fully saturated rings. The molecule has 0 aromatic rings. The molecule has 0 spiro atoms. The van der Waals surface area contributed by atoms with Crippen molar-refractivity contribution < 1.29 is 58.0 Å². The summed E-state index contributed by atoms with van der Waals surface area (Å²) in [6.45, 7) is 17.8. The predicted octanol–water partition coefficient (Wildman–Crippen LogP) is 1.11. The van der Waals surface area contributed by atoms with Crippen molar-refractivity contribution in [2.45, 2.75) is 79.2 Å². The van der Waals surface area contributed by atoms with Gasteiger partial charge in [-0.3, -0.25) is 28.8 Å². The van der Waals surface area contributed by atoms with Crippen LogP contribution in [0, 0.1) is 0 Å². The van der Waals surface area contributed by atoms with Gasteiger partial charge in [-0.05, 0) is 20.4 Å². The molecule has 0 aliphatic heterocycles. The molecule has 0 aliphatic rings. The highest BCUT2D eigenvalue weighted by Gasteiger charge is 2.21. The van der Waals surface area contributed by atoms with Gasteiger partial charge in [0.15, 0.2) is 0 Å². The largest absolute Gasteiger partial charge is 0.481 e. The van der Waals surface area contributed by atoms with Gasteiger partial charge in [0.05, 0.1) is 46.2 Å². The number of rotatable bonds is 24. The van der Waals surface area contributed by atoms with Crippen molar-refractivity contribution >= 4 is 41.7 Å². The number of carbonyl (C=O) groups excluding carboxylic acids is 5. The normalized spacial score (nSPS) is 9.83. The van der Waals surface area contributed by atoms with E-state index in [4.69, 9.17) is 24.4 Å². The molecular formula is C31H60N4O12. The van der Waals surface area contributed by atoms with E-state index < -0.39 is 29.8 Å². The fourth-order valence-electron chi connectivity index (χ4n) is 2.47. The summed E-state index contributed by atoms with van der Waals surface area (Å²) < 4.78 is 15.5. The summed E-state index contributed by atoms with van der Waals surface area (Å²) in [6.07, 6.45) is 2.08. The number of aliphatic carboxylic acids is 2. The fourth-order valence-corrected chi connectivity index (χ4v) is 2.47. The minimum absolute atomic E-state index is 0.00146. The van der Waals surface area contributed by atoms with E-state index in [1.54, 1.807) is 20.9 Å². The van der Waals surface area contributed by atoms with E-state index in [9.17, 15) is 33.6 Å². The Hall–Kier alpha value is -3.73. The molecule has 0 rings (SSSR count). The summed E-state index contributed by atoms with van der Waals surface area (Å²) in [5, 5.41) is 26.9. The molecule has 0 radical (unpaired) electrons. The SMILES string of the molecule is C=C.CC.CCC(=O)NCCOCCC=O.CCC(=O)O.CNCC(=O)NC(CCC(=O)O)C(=O)NCCOCCOCCC(C)=O. The average Bonchev–Trinajstić information content (AvgIpc) is 3.05. The molecular weight excluding hydrogens is 620 g/mol. The van der Waals surface area contributed by atoms with Crippen LogP contribution in [0.3, 0.4) is 0 Å². The molecule has 0 bridgehead atoms. The maximum absolute atomic E-state index is 12.1. The summed E-state index contributed by atoms with van der Waals surface area (Å²) in [4.78, 5) is 74.9. The second kappa shape index (κ2) is 44.4. The van der Waals surface area contributed by atoms with Gasteiger partial charge in [0.1, 0.15) is 18.1 Å². The Morgan fingerprint density at radius 3 is 1.70 bits per heavy atom. The van der Waals surface area contributed by atoms with Crippen LogP contribution in [0.25, 0.3) is 0 Å². The maximum atomic E-state index is 12.1. The van der Waals surface area contributed by atoms with Crippen LogP contribution in [0.4, 0.5) is 0 Å². The fraction of sp³-hybridized carbons (Fsp3) is 0.710. The second-order valence-electron chi connectivity index (χ2n) is 8.57. The summed E-state index contributed by atoms with van der Waals surface area (Å²) in [6, 6.07) is -0.915. The van der Waals surface area contributed by atoms with Gasteiger partial charge in [-0.25, -0.2) is 0 Å². The quantitative estimate of drug-likeness (QED) is 0.0477. The Labute approximate surface area is 279 Å². The number of carboxylic acid groups (broad SMARTS) is 2. The van der Waals surface area contributed by atoms with E-state index in [2.05, 4.69) is 34.4 Å².